The highest BCUT2D eigenvalue weighted by Crippen LogP contribution is 2.16. The van der Waals surface area contributed by atoms with Crippen LogP contribution in [0.4, 0.5) is 4.39 Å². The third-order valence-electron chi connectivity index (χ3n) is 2.36. The molecule has 18 heavy (non-hydrogen) atoms. The van der Waals surface area contributed by atoms with Crippen molar-refractivity contribution in [2.75, 3.05) is 13.2 Å². The maximum atomic E-state index is 13.6. The van der Waals surface area contributed by atoms with E-state index in [2.05, 4.69) is 25.7 Å². The largest absolute Gasteiger partial charge is 0.493 e. The van der Waals surface area contributed by atoms with Crippen molar-refractivity contribution < 1.29 is 14.2 Å². The standard InChI is InChI=1S/C15H19FO2/c1-12(2)8-10-18-14-7-6-13(15(16)11-14)5-3-4-9-17/h6-7,11-12,17H,4,8-10H2,1-2H3. The van der Waals surface area contributed by atoms with E-state index < -0.39 is 0 Å². The zero-order valence-corrected chi connectivity index (χ0v) is 10.9. The highest BCUT2D eigenvalue weighted by molar-refractivity contribution is 5.39. The molecule has 2 nitrogen and oxygen atoms in total. The summed E-state index contributed by atoms with van der Waals surface area (Å²) in [7, 11) is 0. The normalized spacial score (nSPS) is 10.1. The number of ether oxygens (including phenoxy) is 1. The van der Waals surface area contributed by atoms with Gasteiger partial charge in [-0.2, -0.15) is 0 Å². The lowest BCUT2D eigenvalue weighted by molar-refractivity contribution is 0.288. The fraction of sp³-hybridized carbons (Fsp3) is 0.467. The van der Waals surface area contributed by atoms with Gasteiger partial charge in [0.15, 0.2) is 0 Å². The van der Waals surface area contributed by atoms with Crippen LogP contribution in [0, 0.1) is 23.6 Å². The van der Waals surface area contributed by atoms with Crippen LogP contribution in [0.5, 0.6) is 5.75 Å². The number of hydrogen-bond acceptors (Lipinski definition) is 2. The van der Waals surface area contributed by atoms with Gasteiger partial charge in [-0.3, -0.25) is 0 Å². The van der Waals surface area contributed by atoms with Crippen molar-refractivity contribution in [3.8, 4) is 17.6 Å². The molecule has 0 aromatic heterocycles. The fourth-order valence-corrected chi connectivity index (χ4v) is 1.31. The van der Waals surface area contributed by atoms with Crippen molar-refractivity contribution >= 4 is 0 Å². The van der Waals surface area contributed by atoms with Crippen LogP contribution in [0.15, 0.2) is 18.2 Å². The van der Waals surface area contributed by atoms with Gasteiger partial charge in [0.05, 0.1) is 18.8 Å². The Balaban J connectivity index is 2.60. The Kier molecular flexibility index (Phi) is 6.24. The van der Waals surface area contributed by atoms with E-state index >= 15 is 0 Å². The van der Waals surface area contributed by atoms with Gasteiger partial charge in [-0.05, 0) is 24.5 Å². The topological polar surface area (TPSA) is 29.5 Å². The predicted molar refractivity (Wildman–Crippen MR) is 69.9 cm³/mol. The third-order valence-corrected chi connectivity index (χ3v) is 2.36. The van der Waals surface area contributed by atoms with Crippen LogP contribution >= 0.6 is 0 Å². The maximum absolute atomic E-state index is 13.6. The molecule has 0 bridgehead atoms. The second-order valence-electron chi connectivity index (χ2n) is 4.45. The minimum atomic E-state index is -0.387. The molecule has 0 saturated heterocycles. The monoisotopic (exact) mass is 250 g/mol. The lowest BCUT2D eigenvalue weighted by Crippen LogP contribution is -2.01. The molecular formula is C15H19FO2. The quantitative estimate of drug-likeness (QED) is 0.814. The van der Waals surface area contributed by atoms with Crippen LogP contribution in [0.25, 0.3) is 0 Å². The minimum absolute atomic E-state index is 0.00891. The second-order valence-corrected chi connectivity index (χ2v) is 4.45. The molecule has 0 aliphatic heterocycles. The number of hydrogen-bond donors (Lipinski definition) is 1. The molecule has 98 valence electrons. The van der Waals surface area contributed by atoms with E-state index in [1.165, 1.54) is 6.07 Å². The van der Waals surface area contributed by atoms with Gasteiger partial charge in [-0.25, -0.2) is 4.39 Å². The van der Waals surface area contributed by atoms with Gasteiger partial charge in [-0.1, -0.05) is 25.7 Å². The highest BCUT2D eigenvalue weighted by Gasteiger charge is 2.02. The van der Waals surface area contributed by atoms with Crippen molar-refractivity contribution in [2.45, 2.75) is 26.7 Å². The Bertz CT molecular complexity index is 430. The molecular weight excluding hydrogens is 231 g/mol. The van der Waals surface area contributed by atoms with Crippen LogP contribution in [0.2, 0.25) is 0 Å². The Morgan fingerprint density at radius 2 is 2.17 bits per heavy atom. The average molecular weight is 250 g/mol. The summed E-state index contributed by atoms with van der Waals surface area (Å²) in [6.07, 6.45) is 1.30. The lowest BCUT2D eigenvalue weighted by Gasteiger charge is -2.08. The van der Waals surface area contributed by atoms with Gasteiger partial charge in [-0.15, -0.1) is 0 Å². The molecule has 0 aliphatic rings. The Hall–Kier alpha value is -1.53. The van der Waals surface area contributed by atoms with Gasteiger partial charge in [0.1, 0.15) is 11.6 Å². The summed E-state index contributed by atoms with van der Waals surface area (Å²) in [5.41, 5.74) is 0.333. The van der Waals surface area contributed by atoms with Crippen molar-refractivity contribution in [3.63, 3.8) is 0 Å². The zero-order chi connectivity index (χ0) is 13.4. The van der Waals surface area contributed by atoms with Crippen molar-refractivity contribution in [1.82, 2.24) is 0 Å². The van der Waals surface area contributed by atoms with Gasteiger partial charge >= 0.3 is 0 Å². The molecule has 0 fully saturated rings. The van der Waals surface area contributed by atoms with E-state index in [1.807, 2.05) is 0 Å². The molecule has 0 spiro atoms. The molecule has 0 atom stereocenters. The molecule has 0 radical (unpaired) electrons. The molecule has 0 saturated carbocycles. The third kappa shape index (κ3) is 5.20. The van der Waals surface area contributed by atoms with Crippen molar-refractivity contribution in [3.05, 3.63) is 29.6 Å². The number of benzene rings is 1. The Morgan fingerprint density at radius 3 is 2.78 bits per heavy atom. The summed E-state index contributed by atoms with van der Waals surface area (Å²) < 4.78 is 19.1. The van der Waals surface area contributed by atoms with E-state index in [1.54, 1.807) is 12.1 Å². The van der Waals surface area contributed by atoms with Crippen LogP contribution in [-0.4, -0.2) is 18.3 Å². The first-order chi connectivity index (χ1) is 8.63. The van der Waals surface area contributed by atoms with E-state index in [0.29, 0.717) is 30.3 Å². The fourth-order valence-electron chi connectivity index (χ4n) is 1.31. The first-order valence-electron chi connectivity index (χ1n) is 6.15. The highest BCUT2D eigenvalue weighted by atomic mass is 19.1. The summed E-state index contributed by atoms with van der Waals surface area (Å²) in [5, 5.41) is 8.58. The van der Waals surface area contributed by atoms with Crippen LogP contribution in [-0.2, 0) is 0 Å². The summed E-state index contributed by atoms with van der Waals surface area (Å²) >= 11 is 0. The van der Waals surface area contributed by atoms with Gasteiger partial charge < -0.3 is 9.84 Å². The van der Waals surface area contributed by atoms with Crippen LogP contribution in [0.1, 0.15) is 32.3 Å². The molecule has 0 amide bonds. The van der Waals surface area contributed by atoms with Gasteiger partial charge in [0.25, 0.3) is 0 Å². The lowest BCUT2D eigenvalue weighted by atomic mass is 10.1. The van der Waals surface area contributed by atoms with E-state index in [-0.39, 0.29) is 12.4 Å². The maximum Gasteiger partial charge on any atom is 0.142 e. The molecule has 3 heteroatoms. The summed E-state index contributed by atoms with van der Waals surface area (Å²) in [6, 6.07) is 4.67. The van der Waals surface area contributed by atoms with Gasteiger partial charge in [0.2, 0.25) is 0 Å². The summed E-state index contributed by atoms with van der Waals surface area (Å²) in [4.78, 5) is 0. The van der Waals surface area contributed by atoms with Crippen molar-refractivity contribution in [2.24, 2.45) is 5.92 Å². The minimum Gasteiger partial charge on any atom is -0.493 e. The van der Waals surface area contributed by atoms with Gasteiger partial charge in [0, 0.05) is 12.5 Å². The molecule has 1 rings (SSSR count). The first-order valence-corrected chi connectivity index (χ1v) is 6.15. The number of aliphatic hydroxyl groups is 1. The number of rotatable bonds is 5. The molecule has 1 N–H and O–H groups in total. The summed E-state index contributed by atoms with van der Waals surface area (Å²) in [6.45, 7) is 4.81. The van der Waals surface area contributed by atoms with Crippen LogP contribution < -0.4 is 4.74 Å². The van der Waals surface area contributed by atoms with E-state index in [9.17, 15) is 4.39 Å². The molecule has 1 aromatic carbocycles. The first kappa shape index (κ1) is 14.5. The second kappa shape index (κ2) is 7.73. The van der Waals surface area contributed by atoms with E-state index in [0.717, 1.165) is 6.42 Å². The number of aliphatic hydroxyl groups excluding tert-OH is 1. The average Bonchev–Trinajstić information content (AvgIpc) is 2.31. The molecule has 0 heterocycles. The molecule has 0 unspecified atom stereocenters. The molecule has 1 aromatic rings. The zero-order valence-electron chi connectivity index (χ0n) is 10.9. The predicted octanol–water partition coefficient (Wildman–Crippen LogP) is 2.98. The number of halogens is 1. The molecule has 0 aliphatic carbocycles. The van der Waals surface area contributed by atoms with Crippen molar-refractivity contribution in [1.29, 1.82) is 0 Å². The Morgan fingerprint density at radius 1 is 1.39 bits per heavy atom. The smallest absolute Gasteiger partial charge is 0.142 e. The SMILES string of the molecule is CC(C)CCOc1ccc(C#CCCO)c(F)c1. The van der Waals surface area contributed by atoms with Crippen LogP contribution in [0.3, 0.4) is 0 Å². The Labute approximate surface area is 108 Å². The van der Waals surface area contributed by atoms with E-state index in [4.69, 9.17) is 9.84 Å². The summed E-state index contributed by atoms with van der Waals surface area (Å²) in [5.74, 6) is 6.07.